The summed E-state index contributed by atoms with van der Waals surface area (Å²) in [4.78, 5) is 10.6. The molecule has 0 amide bonds. The maximum Gasteiger partial charge on any atom is 0.150 e. The molecule has 0 saturated heterocycles. The highest BCUT2D eigenvalue weighted by atomic mass is 16.5. The molecule has 0 radical (unpaired) electrons. The Bertz CT molecular complexity index is 269. The van der Waals surface area contributed by atoms with Gasteiger partial charge in [-0.3, -0.25) is 4.79 Å². The van der Waals surface area contributed by atoms with Crippen LogP contribution in [0.2, 0.25) is 0 Å². The Morgan fingerprint density at radius 2 is 2.15 bits per heavy atom. The molecule has 0 aliphatic carbocycles. The molecule has 2 nitrogen and oxygen atoms in total. The number of hydrogen-bond donors (Lipinski definition) is 0. The number of ether oxygens (including phenoxy) is 1. The first-order chi connectivity index (χ1) is 6.38. The van der Waals surface area contributed by atoms with Gasteiger partial charge in [0.05, 0.1) is 6.61 Å². The second kappa shape index (κ2) is 5.49. The van der Waals surface area contributed by atoms with Gasteiger partial charge in [-0.2, -0.15) is 0 Å². The number of benzene rings is 1. The molecule has 1 aromatic rings. The summed E-state index contributed by atoms with van der Waals surface area (Å²) in [6.07, 6.45) is 1.70. The molecule has 0 unspecified atom stereocenters. The second-order valence-electron chi connectivity index (χ2n) is 2.76. The highest BCUT2D eigenvalue weighted by Gasteiger charge is 1.98. The summed E-state index contributed by atoms with van der Waals surface area (Å²) in [7, 11) is 0. The first kappa shape index (κ1) is 9.93. The van der Waals surface area contributed by atoms with Gasteiger partial charge in [0.2, 0.25) is 0 Å². The summed E-state index contributed by atoms with van der Waals surface area (Å²) in [6, 6.07) is 7.60. The molecule has 0 spiro atoms. The van der Waals surface area contributed by atoms with Crippen LogP contribution in [0, 0.1) is 0 Å². The van der Waals surface area contributed by atoms with Crippen LogP contribution in [-0.4, -0.2) is 19.5 Å². The predicted octanol–water partition coefficient (Wildman–Crippen LogP) is 2.08. The quantitative estimate of drug-likeness (QED) is 0.509. The van der Waals surface area contributed by atoms with Gasteiger partial charge in [-0.15, -0.1) is 0 Å². The fraction of sp³-hybridized carbons (Fsp3) is 0.364. The van der Waals surface area contributed by atoms with E-state index in [0.29, 0.717) is 6.61 Å². The van der Waals surface area contributed by atoms with Gasteiger partial charge < -0.3 is 4.74 Å². The molecule has 1 aromatic carbocycles. The van der Waals surface area contributed by atoms with Gasteiger partial charge in [-0.05, 0) is 18.9 Å². The normalized spacial score (nSPS) is 9.92. The van der Waals surface area contributed by atoms with Crippen LogP contribution in [0.5, 0.6) is 0 Å². The third kappa shape index (κ3) is 2.99. The largest absolute Gasteiger partial charge is 0.381 e. The molecule has 2 heteroatoms. The van der Waals surface area contributed by atoms with E-state index < -0.39 is 0 Å². The van der Waals surface area contributed by atoms with Crippen molar-refractivity contribution in [3.05, 3.63) is 35.4 Å². The fourth-order valence-electron chi connectivity index (χ4n) is 1.20. The van der Waals surface area contributed by atoms with E-state index in [9.17, 15) is 4.79 Å². The molecule has 0 fully saturated rings. The highest BCUT2D eigenvalue weighted by Crippen LogP contribution is 2.06. The van der Waals surface area contributed by atoms with Crippen molar-refractivity contribution in [1.29, 1.82) is 0 Å². The molecule has 0 aliphatic rings. The SMILES string of the molecule is CCOCCc1ccccc1C=O. The molecular weight excluding hydrogens is 164 g/mol. The van der Waals surface area contributed by atoms with Crippen molar-refractivity contribution in [3.63, 3.8) is 0 Å². The molecule has 0 saturated carbocycles. The first-order valence-corrected chi connectivity index (χ1v) is 4.49. The number of aldehydes is 1. The van der Waals surface area contributed by atoms with Gasteiger partial charge in [0.1, 0.15) is 6.29 Å². The minimum absolute atomic E-state index is 0.682. The van der Waals surface area contributed by atoms with Crippen molar-refractivity contribution in [3.8, 4) is 0 Å². The number of hydrogen-bond acceptors (Lipinski definition) is 2. The predicted molar refractivity (Wildman–Crippen MR) is 52.0 cm³/mol. The highest BCUT2D eigenvalue weighted by molar-refractivity contribution is 5.77. The lowest BCUT2D eigenvalue weighted by molar-refractivity contribution is 0.112. The average Bonchev–Trinajstić information content (AvgIpc) is 2.19. The maximum atomic E-state index is 10.6. The van der Waals surface area contributed by atoms with Crippen LogP contribution in [0.1, 0.15) is 22.8 Å². The molecule has 70 valence electrons. The number of carbonyl (C=O) groups excluding carboxylic acids is 1. The number of carbonyl (C=O) groups is 1. The van der Waals surface area contributed by atoms with Crippen molar-refractivity contribution < 1.29 is 9.53 Å². The van der Waals surface area contributed by atoms with Crippen LogP contribution in [-0.2, 0) is 11.2 Å². The average molecular weight is 178 g/mol. The van der Waals surface area contributed by atoms with E-state index in [1.165, 1.54) is 0 Å². The van der Waals surface area contributed by atoms with Gasteiger partial charge in [0.25, 0.3) is 0 Å². The van der Waals surface area contributed by atoms with E-state index in [-0.39, 0.29) is 0 Å². The summed E-state index contributed by atoms with van der Waals surface area (Å²) in [5.74, 6) is 0. The standard InChI is InChI=1S/C11H14O2/c1-2-13-8-7-10-5-3-4-6-11(10)9-12/h3-6,9H,2,7-8H2,1H3. The van der Waals surface area contributed by atoms with E-state index in [1.54, 1.807) is 0 Å². The lowest BCUT2D eigenvalue weighted by Gasteiger charge is -2.03. The second-order valence-corrected chi connectivity index (χ2v) is 2.76. The molecule has 0 aromatic heterocycles. The van der Waals surface area contributed by atoms with Crippen LogP contribution in [0.3, 0.4) is 0 Å². The van der Waals surface area contributed by atoms with Crippen molar-refractivity contribution in [2.24, 2.45) is 0 Å². The summed E-state index contributed by atoms with van der Waals surface area (Å²) < 4.78 is 5.22. The Morgan fingerprint density at radius 1 is 1.38 bits per heavy atom. The Kier molecular flexibility index (Phi) is 4.19. The lowest BCUT2D eigenvalue weighted by Crippen LogP contribution is -2.00. The molecule has 13 heavy (non-hydrogen) atoms. The molecule has 0 atom stereocenters. The van der Waals surface area contributed by atoms with Gasteiger partial charge >= 0.3 is 0 Å². The summed E-state index contributed by atoms with van der Waals surface area (Å²) in [6.45, 7) is 3.37. The Morgan fingerprint density at radius 3 is 2.85 bits per heavy atom. The fourth-order valence-corrected chi connectivity index (χ4v) is 1.20. The minimum Gasteiger partial charge on any atom is -0.381 e. The Hall–Kier alpha value is -1.15. The molecule has 0 N–H and O–H groups in total. The van der Waals surface area contributed by atoms with Crippen LogP contribution in [0.4, 0.5) is 0 Å². The van der Waals surface area contributed by atoms with E-state index in [0.717, 1.165) is 30.4 Å². The zero-order valence-electron chi connectivity index (χ0n) is 7.82. The molecule has 0 bridgehead atoms. The third-order valence-corrected chi connectivity index (χ3v) is 1.90. The zero-order chi connectivity index (χ0) is 9.52. The molecule has 1 rings (SSSR count). The van der Waals surface area contributed by atoms with Crippen LogP contribution in [0.15, 0.2) is 24.3 Å². The van der Waals surface area contributed by atoms with Gasteiger partial charge in [0, 0.05) is 12.2 Å². The third-order valence-electron chi connectivity index (χ3n) is 1.90. The first-order valence-electron chi connectivity index (χ1n) is 4.49. The van der Waals surface area contributed by atoms with E-state index in [1.807, 2.05) is 31.2 Å². The van der Waals surface area contributed by atoms with Crippen LogP contribution >= 0.6 is 0 Å². The topological polar surface area (TPSA) is 26.3 Å². The summed E-state index contributed by atoms with van der Waals surface area (Å²) >= 11 is 0. The zero-order valence-corrected chi connectivity index (χ0v) is 7.82. The van der Waals surface area contributed by atoms with Gasteiger partial charge in [-0.1, -0.05) is 24.3 Å². The van der Waals surface area contributed by atoms with Crippen LogP contribution < -0.4 is 0 Å². The molecule has 0 heterocycles. The monoisotopic (exact) mass is 178 g/mol. The van der Waals surface area contributed by atoms with Crippen molar-refractivity contribution in [1.82, 2.24) is 0 Å². The van der Waals surface area contributed by atoms with E-state index in [4.69, 9.17) is 4.74 Å². The smallest absolute Gasteiger partial charge is 0.150 e. The van der Waals surface area contributed by atoms with Crippen molar-refractivity contribution in [2.45, 2.75) is 13.3 Å². The number of rotatable bonds is 5. The van der Waals surface area contributed by atoms with E-state index in [2.05, 4.69) is 0 Å². The molecule has 0 aliphatic heterocycles. The molecular formula is C11H14O2. The Balaban J connectivity index is 2.59. The maximum absolute atomic E-state index is 10.6. The van der Waals surface area contributed by atoms with Crippen molar-refractivity contribution in [2.75, 3.05) is 13.2 Å². The van der Waals surface area contributed by atoms with Crippen molar-refractivity contribution >= 4 is 6.29 Å². The van der Waals surface area contributed by atoms with Gasteiger partial charge in [0.15, 0.2) is 0 Å². The van der Waals surface area contributed by atoms with Crippen LogP contribution in [0.25, 0.3) is 0 Å². The lowest BCUT2D eigenvalue weighted by atomic mass is 10.1. The van der Waals surface area contributed by atoms with E-state index >= 15 is 0 Å². The summed E-state index contributed by atoms with van der Waals surface area (Å²) in [5.41, 5.74) is 1.83. The Labute approximate surface area is 78.5 Å². The van der Waals surface area contributed by atoms with Gasteiger partial charge in [-0.25, -0.2) is 0 Å². The summed E-state index contributed by atoms with van der Waals surface area (Å²) in [5, 5.41) is 0. The minimum atomic E-state index is 0.682.